The molecule has 4 fully saturated rings. The van der Waals surface area contributed by atoms with Gasteiger partial charge in [0.2, 0.25) is 0 Å². The third kappa shape index (κ3) is 6.34. The Kier molecular flexibility index (Phi) is 9.04. The highest BCUT2D eigenvalue weighted by Gasteiger charge is 2.50. The molecule has 6 nitrogen and oxygen atoms in total. The van der Waals surface area contributed by atoms with Crippen LogP contribution in [0.4, 0.5) is 0 Å². The van der Waals surface area contributed by atoms with Crippen molar-refractivity contribution in [2.75, 3.05) is 13.2 Å². The topological polar surface area (TPSA) is 63.2 Å². The van der Waals surface area contributed by atoms with Crippen LogP contribution in [0.15, 0.2) is 12.2 Å². The molecule has 1 saturated carbocycles. The van der Waals surface area contributed by atoms with Crippen molar-refractivity contribution in [1.82, 2.24) is 0 Å². The number of unbranched alkanes of at least 4 members (excludes halogenated alkanes) is 1. The number of hydrogen-bond acceptors (Lipinski definition) is 6. The summed E-state index contributed by atoms with van der Waals surface area (Å²) in [5.74, 6) is 0.667. The summed E-state index contributed by atoms with van der Waals surface area (Å²) >= 11 is 0. The van der Waals surface area contributed by atoms with Gasteiger partial charge in [-0.05, 0) is 50.9 Å². The van der Waals surface area contributed by atoms with Crippen molar-refractivity contribution >= 4 is 5.97 Å². The second-order valence-electron chi connectivity index (χ2n) is 10.1. The molecule has 0 aromatic heterocycles. The van der Waals surface area contributed by atoms with Gasteiger partial charge in [0.05, 0.1) is 18.6 Å². The predicted octanol–water partition coefficient (Wildman–Crippen LogP) is 5.14. The van der Waals surface area contributed by atoms with E-state index in [2.05, 4.69) is 26.0 Å². The fourth-order valence-electron chi connectivity index (χ4n) is 5.61. The Labute approximate surface area is 193 Å². The van der Waals surface area contributed by atoms with Gasteiger partial charge in [-0.2, -0.15) is 0 Å². The van der Waals surface area contributed by atoms with E-state index in [1.165, 1.54) is 12.8 Å². The SMILES string of the molecule is CCCC[C@H](C)[C@H](C=C[C@@H]1[C@H]2CC(=O)O[C@H]2C[C@H]1OC1CCCCO1)OC1CCCCO1. The van der Waals surface area contributed by atoms with Gasteiger partial charge in [0, 0.05) is 31.5 Å². The number of carbonyl (C=O) groups is 1. The van der Waals surface area contributed by atoms with Gasteiger partial charge < -0.3 is 23.7 Å². The lowest BCUT2D eigenvalue weighted by Gasteiger charge is -2.31. The summed E-state index contributed by atoms with van der Waals surface area (Å²) in [6.45, 7) is 6.06. The average Bonchev–Trinajstić information content (AvgIpc) is 3.31. The summed E-state index contributed by atoms with van der Waals surface area (Å²) in [7, 11) is 0. The van der Waals surface area contributed by atoms with E-state index in [1.807, 2.05) is 0 Å². The minimum atomic E-state index is -0.134. The first-order valence-corrected chi connectivity index (χ1v) is 13.1. The van der Waals surface area contributed by atoms with Crippen LogP contribution in [0.25, 0.3) is 0 Å². The molecule has 0 amide bonds. The Bertz CT molecular complexity index is 609. The van der Waals surface area contributed by atoms with E-state index in [4.69, 9.17) is 23.7 Å². The van der Waals surface area contributed by atoms with E-state index in [1.54, 1.807) is 0 Å². The summed E-state index contributed by atoms with van der Waals surface area (Å²) in [6, 6.07) is 0. The van der Waals surface area contributed by atoms with Crippen LogP contribution >= 0.6 is 0 Å². The van der Waals surface area contributed by atoms with Gasteiger partial charge in [0.25, 0.3) is 0 Å². The fraction of sp³-hybridized carbons (Fsp3) is 0.885. The monoisotopic (exact) mass is 450 g/mol. The van der Waals surface area contributed by atoms with Crippen LogP contribution in [-0.2, 0) is 28.5 Å². The summed E-state index contributed by atoms with van der Waals surface area (Å²) in [5, 5.41) is 0. The Morgan fingerprint density at radius 3 is 2.53 bits per heavy atom. The maximum absolute atomic E-state index is 12.0. The Balaban J connectivity index is 1.45. The highest BCUT2D eigenvalue weighted by molar-refractivity contribution is 5.72. The first-order chi connectivity index (χ1) is 15.6. The van der Waals surface area contributed by atoms with Gasteiger partial charge in [0.15, 0.2) is 12.6 Å². The van der Waals surface area contributed by atoms with Gasteiger partial charge in [-0.15, -0.1) is 0 Å². The molecule has 3 aliphatic heterocycles. The van der Waals surface area contributed by atoms with Crippen molar-refractivity contribution < 1.29 is 28.5 Å². The van der Waals surface area contributed by atoms with Crippen LogP contribution < -0.4 is 0 Å². The van der Waals surface area contributed by atoms with Crippen molar-refractivity contribution in [2.24, 2.45) is 17.8 Å². The van der Waals surface area contributed by atoms with Crippen molar-refractivity contribution in [3.8, 4) is 0 Å². The summed E-state index contributed by atoms with van der Waals surface area (Å²) < 4.78 is 30.2. The number of carbonyl (C=O) groups excluding carboxylic acids is 1. The Morgan fingerprint density at radius 1 is 1.09 bits per heavy atom. The molecule has 0 aromatic rings. The lowest BCUT2D eigenvalue weighted by Crippen LogP contribution is -2.32. The molecule has 1 aliphatic carbocycles. The molecule has 2 unspecified atom stereocenters. The molecule has 4 aliphatic rings. The van der Waals surface area contributed by atoms with Gasteiger partial charge in [-0.25, -0.2) is 0 Å². The largest absolute Gasteiger partial charge is 0.462 e. The van der Waals surface area contributed by atoms with Crippen LogP contribution in [0.1, 0.15) is 84.5 Å². The molecule has 3 saturated heterocycles. The van der Waals surface area contributed by atoms with Crippen molar-refractivity contribution in [3.63, 3.8) is 0 Å². The molecular formula is C26H42O6. The van der Waals surface area contributed by atoms with Gasteiger partial charge in [-0.3, -0.25) is 4.79 Å². The molecule has 32 heavy (non-hydrogen) atoms. The van der Waals surface area contributed by atoms with E-state index >= 15 is 0 Å². The third-order valence-electron chi connectivity index (χ3n) is 7.56. The van der Waals surface area contributed by atoms with E-state index in [9.17, 15) is 4.79 Å². The van der Waals surface area contributed by atoms with Crippen molar-refractivity contribution in [2.45, 2.75) is 115 Å². The van der Waals surface area contributed by atoms with Crippen LogP contribution in [-0.4, -0.2) is 50.1 Å². The smallest absolute Gasteiger partial charge is 0.306 e. The molecular weight excluding hydrogens is 408 g/mol. The molecule has 0 bridgehead atoms. The lowest BCUT2D eigenvalue weighted by molar-refractivity contribution is -0.194. The molecule has 0 spiro atoms. The molecule has 4 rings (SSSR count). The van der Waals surface area contributed by atoms with Crippen molar-refractivity contribution in [1.29, 1.82) is 0 Å². The molecule has 8 atom stereocenters. The lowest BCUT2D eigenvalue weighted by atomic mass is 9.89. The van der Waals surface area contributed by atoms with Gasteiger partial charge in [-0.1, -0.05) is 38.8 Å². The maximum Gasteiger partial charge on any atom is 0.306 e. The molecule has 6 heteroatoms. The summed E-state index contributed by atoms with van der Waals surface area (Å²) in [6.07, 6.45) is 15.4. The first-order valence-electron chi connectivity index (χ1n) is 13.1. The number of fused-ring (bicyclic) bond motifs is 1. The second-order valence-corrected chi connectivity index (χ2v) is 10.1. The quantitative estimate of drug-likeness (QED) is 0.339. The summed E-state index contributed by atoms with van der Waals surface area (Å²) in [5.41, 5.74) is 0. The standard InChI is InChI=1S/C26H42O6/c1-3-4-9-18(2)21(31-25-10-5-7-14-28-25)13-12-19-20-16-24(27)30-23(20)17-22(19)32-26-11-6-8-15-29-26/h12-13,18-23,25-26H,3-11,14-17H2,1-2H3/t18-,19+,20+,21-,22+,23-,25?,26?/m0/s1. The average molecular weight is 451 g/mol. The minimum Gasteiger partial charge on any atom is -0.462 e. The van der Waals surface area contributed by atoms with E-state index in [0.717, 1.165) is 64.6 Å². The number of hydrogen-bond donors (Lipinski definition) is 0. The van der Waals surface area contributed by atoms with E-state index in [0.29, 0.717) is 12.3 Å². The van der Waals surface area contributed by atoms with Gasteiger partial charge in [0.1, 0.15) is 6.10 Å². The van der Waals surface area contributed by atoms with Gasteiger partial charge >= 0.3 is 5.97 Å². The number of esters is 1. The highest BCUT2D eigenvalue weighted by Crippen LogP contribution is 2.44. The zero-order chi connectivity index (χ0) is 22.3. The molecule has 3 heterocycles. The fourth-order valence-corrected chi connectivity index (χ4v) is 5.61. The Morgan fingerprint density at radius 2 is 1.84 bits per heavy atom. The van der Waals surface area contributed by atoms with E-state index in [-0.39, 0.29) is 48.7 Å². The maximum atomic E-state index is 12.0. The second kappa shape index (κ2) is 12.0. The normalized spacial score (nSPS) is 37.4. The van der Waals surface area contributed by atoms with Crippen LogP contribution in [0.3, 0.4) is 0 Å². The highest BCUT2D eigenvalue weighted by atomic mass is 16.7. The zero-order valence-corrected chi connectivity index (χ0v) is 19.9. The van der Waals surface area contributed by atoms with Crippen LogP contribution in [0.2, 0.25) is 0 Å². The molecule has 0 radical (unpaired) electrons. The van der Waals surface area contributed by atoms with Crippen molar-refractivity contribution in [3.05, 3.63) is 12.2 Å². The van der Waals surface area contributed by atoms with E-state index < -0.39 is 0 Å². The molecule has 0 aromatic carbocycles. The third-order valence-corrected chi connectivity index (χ3v) is 7.56. The summed E-state index contributed by atoms with van der Waals surface area (Å²) in [4.78, 5) is 12.0. The Hall–Kier alpha value is -0.950. The molecule has 0 N–H and O–H groups in total. The number of rotatable bonds is 10. The van der Waals surface area contributed by atoms with Crippen LogP contribution in [0, 0.1) is 17.8 Å². The predicted molar refractivity (Wildman–Crippen MR) is 121 cm³/mol. The molecule has 182 valence electrons. The zero-order valence-electron chi connectivity index (χ0n) is 19.9. The number of ether oxygens (including phenoxy) is 5. The minimum absolute atomic E-state index is 0.00769. The first kappa shape index (κ1) is 24.2. The van der Waals surface area contributed by atoms with Crippen LogP contribution in [0.5, 0.6) is 0 Å².